The van der Waals surface area contributed by atoms with E-state index in [-0.39, 0.29) is 41.8 Å². The number of anilines is 3. The van der Waals surface area contributed by atoms with E-state index in [2.05, 4.69) is 106 Å². The first-order valence-corrected chi connectivity index (χ1v) is 30.3. The summed E-state index contributed by atoms with van der Waals surface area (Å²) < 4.78 is 40.6. The lowest BCUT2D eigenvalue weighted by Gasteiger charge is -2.26. The van der Waals surface area contributed by atoms with Crippen LogP contribution < -0.4 is 25.8 Å². The van der Waals surface area contributed by atoms with Gasteiger partial charge < -0.3 is 53.9 Å². The maximum atomic E-state index is 6.99. The van der Waals surface area contributed by atoms with Gasteiger partial charge in [-0.3, -0.25) is 0 Å². The Hall–Kier alpha value is -7.52. The molecule has 2 saturated heterocycles. The molecule has 10 aromatic rings. The van der Waals surface area contributed by atoms with Gasteiger partial charge in [0, 0.05) is 58.5 Å². The van der Waals surface area contributed by atoms with Gasteiger partial charge in [-0.05, 0) is 147 Å². The largest absolute Gasteiger partial charge is 0.497 e. The van der Waals surface area contributed by atoms with E-state index in [0.717, 1.165) is 90.0 Å². The number of hydrogen-bond acceptors (Lipinski definition) is 16. The zero-order valence-corrected chi connectivity index (χ0v) is 51.1. The highest BCUT2D eigenvalue weighted by Gasteiger charge is 2.52. The van der Waals surface area contributed by atoms with Crippen LogP contribution in [0.5, 0.6) is 11.5 Å². The molecule has 0 amide bonds. The zero-order chi connectivity index (χ0) is 59.6. The molecule has 4 N–H and O–H groups in total. The number of halogens is 3. The number of benzene rings is 4. The first kappa shape index (κ1) is 57.5. The topological polar surface area (TPSA) is 198 Å². The lowest BCUT2D eigenvalue weighted by molar-refractivity contribution is -0.148. The van der Waals surface area contributed by atoms with Gasteiger partial charge in [0.25, 0.3) is 0 Å². The molecule has 2 fully saturated rings. The van der Waals surface area contributed by atoms with E-state index < -0.39 is 11.6 Å². The summed E-state index contributed by atoms with van der Waals surface area (Å²) in [6, 6.07) is 36.4. The van der Waals surface area contributed by atoms with Crippen molar-refractivity contribution >= 4 is 108 Å². The maximum absolute atomic E-state index is 6.99. The Morgan fingerprint density at radius 2 is 1.17 bits per heavy atom. The highest BCUT2D eigenvalue weighted by molar-refractivity contribution is 7.99. The molecule has 8 heterocycles. The van der Waals surface area contributed by atoms with Gasteiger partial charge in [-0.2, -0.15) is 4.98 Å². The molecule has 2 aliphatic heterocycles. The molecule has 6 aromatic heterocycles. The summed E-state index contributed by atoms with van der Waals surface area (Å²) in [6.45, 7) is 9.05. The monoisotopic (exact) mass is 1230 g/mol. The van der Waals surface area contributed by atoms with Gasteiger partial charge in [0.05, 0.1) is 52.8 Å². The molecule has 0 radical (unpaired) electrons. The number of methoxy groups -OCH3 is 2. The standard InChI is InChI=1S/C40H39ClN6O4S.C25H23Cl2N5O2/c1-40(2)50-35-27(18-34(36(35)51-40)47-16-15-31-37(42)43-23-44-38(31)47)22-52-30-14-9-26-17-32(41)39(45-33(26)19-30)46(20-24-5-10-28(48-3)11-6-24)21-25-7-12-29(49-4)13-8-25;1-25(2)33-20-15(6-4-13-3-5-14-10-17(26)22(28)30-18(14)9-13)11-19(21(20)34-25)32-8-7-16-12-29-24(27)31-23(16)32/h5-19,23,34-36H,20-22H2,1-4H3,(H2,42,43,44);3,5,7-12,19-21H,4,6H2,1-2H3,(H2,28,30)/t34-,35-,36+;19-,20-,21+/m11/s1. The Balaban J connectivity index is 0.000000174. The Labute approximate surface area is 516 Å². The van der Waals surface area contributed by atoms with Crippen molar-refractivity contribution in [3.8, 4) is 11.5 Å². The highest BCUT2D eigenvalue weighted by atomic mass is 35.5. The summed E-state index contributed by atoms with van der Waals surface area (Å²) in [4.78, 5) is 30.2. The van der Waals surface area contributed by atoms with Crippen LogP contribution in [-0.4, -0.2) is 95.0 Å². The number of fused-ring (bicyclic) bond motifs is 6. The Kier molecular flexibility index (Phi) is 15.6. The van der Waals surface area contributed by atoms with Crippen LogP contribution in [0.3, 0.4) is 0 Å². The predicted octanol–water partition coefficient (Wildman–Crippen LogP) is 13.7. The summed E-state index contributed by atoms with van der Waals surface area (Å²) in [5.74, 6) is 2.50. The summed E-state index contributed by atoms with van der Waals surface area (Å²) in [5.41, 5.74) is 21.1. The number of pyridine rings is 2. The van der Waals surface area contributed by atoms with Gasteiger partial charge >= 0.3 is 0 Å². The number of rotatable bonds is 15. The summed E-state index contributed by atoms with van der Waals surface area (Å²) in [6.07, 6.45) is 12.8. The molecular formula is C65H62Cl3N11O6S. The number of nitrogens with two attached hydrogens (primary N) is 2. The molecule has 4 aliphatic rings. The summed E-state index contributed by atoms with van der Waals surface area (Å²) >= 11 is 20.9. The second-order valence-corrected chi connectivity index (χ2v) is 24.9. The van der Waals surface area contributed by atoms with Gasteiger partial charge in [0.1, 0.15) is 71.0 Å². The zero-order valence-electron chi connectivity index (χ0n) is 48.0. The highest BCUT2D eigenvalue weighted by Crippen LogP contribution is 2.48. The molecule has 0 bridgehead atoms. The van der Waals surface area contributed by atoms with Crippen molar-refractivity contribution in [3.05, 3.63) is 189 Å². The summed E-state index contributed by atoms with van der Waals surface area (Å²) in [7, 11) is 3.34. The molecule has 14 rings (SSSR count). The molecule has 2 aliphatic carbocycles. The molecule has 0 spiro atoms. The number of thioether (sulfide) groups is 1. The quantitative estimate of drug-likeness (QED) is 0.0558. The fourth-order valence-electron chi connectivity index (χ4n) is 12.0. The van der Waals surface area contributed by atoms with Gasteiger partial charge in [-0.25, -0.2) is 24.9 Å². The van der Waals surface area contributed by atoms with Gasteiger partial charge in [0.15, 0.2) is 11.6 Å². The Bertz CT molecular complexity index is 4220. The number of aryl methyl sites for hydroxylation is 1. The van der Waals surface area contributed by atoms with Crippen LogP contribution in [0.1, 0.15) is 62.9 Å². The van der Waals surface area contributed by atoms with Crippen LogP contribution >= 0.6 is 46.6 Å². The second-order valence-electron chi connectivity index (χ2n) is 22.7. The van der Waals surface area contributed by atoms with Crippen LogP contribution in [0.2, 0.25) is 15.3 Å². The van der Waals surface area contributed by atoms with Gasteiger partial charge in [-0.15, -0.1) is 11.8 Å². The minimum Gasteiger partial charge on any atom is -0.497 e. The van der Waals surface area contributed by atoms with E-state index in [1.54, 1.807) is 32.2 Å². The fourth-order valence-corrected chi connectivity index (χ4v) is 13.6. The number of hydrogen-bond donors (Lipinski definition) is 2. The maximum Gasteiger partial charge on any atom is 0.224 e. The predicted molar refractivity (Wildman–Crippen MR) is 339 cm³/mol. The van der Waals surface area contributed by atoms with Crippen molar-refractivity contribution in [1.29, 1.82) is 0 Å². The van der Waals surface area contributed by atoms with Gasteiger partial charge in [-0.1, -0.05) is 77.8 Å². The Morgan fingerprint density at radius 3 is 1.85 bits per heavy atom. The number of nitrogens with zero attached hydrogens (tertiary/aromatic N) is 9. The molecule has 86 heavy (non-hydrogen) atoms. The first-order valence-electron chi connectivity index (χ1n) is 28.2. The van der Waals surface area contributed by atoms with Crippen LogP contribution in [0.25, 0.3) is 43.9 Å². The number of ether oxygens (including phenoxy) is 6. The van der Waals surface area contributed by atoms with E-state index in [1.807, 2.05) is 94.7 Å². The normalized spacial score (nSPS) is 20.9. The number of aromatic nitrogens is 8. The minimum atomic E-state index is -0.708. The lowest BCUT2D eigenvalue weighted by Crippen LogP contribution is -2.28. The van der Waals surface area contributed by atoms with Crippen LogP contribution in [0, 0.1) is 0 Å². The first-order chi connectivity index (χ1) is 41.4. The average Bonchev–Trinajstić information content (AvgIpc) is 2.70. The van der Waals surface area contributed by atoms with Crippen molar-refractivity contribution in [2.75, 3.05) is 36.3 Å². The molecule has 17 nitrogen and oxygen atoms in total. The van der Waals surface area contributed by atoms with Crippen LogP contribution in [-0.2, 0) is 38.5 Å². The molecule has 4 aromatic carbocycles. The van der Waals surface area contributed by atoms with Crippen molar-refractivity contribution in [3.63, 3.8) is 0 Å². The van der Waals surface area contributed by atoms with Crippen LogP contribution in [0.4, 0.5) is 17.5 Å². The minimum absolute atomic E-state index is 0.0505. The van der Waals surface area contributed by atoms with E-state index in [1.165, 1.54) is 23.0 Å². The third-order valence-corrected chi connectivity index (χ3v) is 17.9. The average molecular weight is 1230 g/mol. The van der Waals surface area contributed by atoms with Crippen molar-refractivity contribution in [2.24, 2.45) is 0 Å². The van der Waals surface area contributed by atoms with E-state index >= 15 is 0 Å². The molecular weight excluding hydrogens is 1170 g/mol. The van der Waals surface area contributed by atoms with Gasteiger partial charge in [0.2, 0.25) is 5.28 Å². The van der Waals surface area contributed by atoms with E-state index in [0.29, 0.717) is 40.6 Å². The fraction of sp³-hybridized carbons (Fsp3) is 0.292. The molecule has 6 atom stereocenters. The van der Waals surface area contributed by atoms with Crippen molar-refractivity contribution in [1.82, 2.24) is 39.0 Å². The smallest absolute Gasteiger partial charge is 0.224 e. The molecule has 440 valence electrons. The van der Waals surface area contributed by atoms with E-state index in [4.69, 9.17) is 79.7 Å². The SMILES string of the molecule is CC1(C)O[C@@H]2[C@H](O1)C(CCc1ccc3cc(Cl)c(N)nc3c1)=C[C@H]2n1ccc2cnc(Cl)nc21.COc1ccc(CN(Cc2ccc(OC)cc2)c2nc3cc(SCC4=C[C@@H](n5ccc6c(N)ncnc65)[C@@H]5OC(C)(C)O[C@H]45)ccc3cc2Cl)cc1. The lowest BCUT2D eigenvalue weighted by atomic mass is 10.0. The summed E-state index contributed by atoms with van der Waals surface area (Å²) in [5, 5.41) is 4.99. The third kappa shape index (κ3) is 11.6. The van der Waals surface area contributed by atoms with Crippen LogP contribution in [0.15, 0.2) is 162 Å². The van der Waals surface area contributed by atoms with Crippen molar-refractivity contribution in [2.45, 2.75) is 107 Å². The molecule has 0 saturated carbocycles. The molecule has 21 heteroatoms. The number of nitrogen functional groups attached to an aromatic ring is 2. The van der Waals surface area contributed by atoms with Crippen molar-refractivity contribution < 1.29 is 28.4 Å². The third-order valence-electron chi connectivity index (χ3n) is 16.1. The molecule has 0 unspecified atom stereocenters. The second kappa shape index (κ2) is 23.3. The Morgan fingerprint density at radius 1 is 0.581 bits per heavy atom. The van der Waals surface area contributed by atoms with E-state index in [9.17, 15) is 0 Å².